The summed E-state index contributed by atoms with van der Waals surface area (Å²) in [6, 6.07) is 1.88. The van der Waals surface area contributed by atoms with E-state index in [4.69, 9.17) is 4.74 Å². The Kier molecular flexibility index (Phi) is 4.72. The smallest absolute Gasteiger partial charge is 0.228 e. The fourth-order valence-corrected chi connectivity index (χ4v) is 1.97. The molecule has 18 heavy (non-hydrogen) atoms. The first kappa shape index (κ1) is 13.0. The van der Waals surface area contributed by atoms with E-state index in [0.29, 0.717) is 18.8 Å². The summed E-state index contributed by atoms with van der Waals surface area (Å²) in [6.45, 7) is 4.36. The molecular weight excluding hydrogens is 232 g/mol. The van der Waals surface area contributed by atoms with Crippen LogP contribution in [0.5, 0.6) is 0 Å². The van der Waals surface area contributed by atoms with Crippen molar-refractivity contribution in [2.45, 2.75) is 32.3 Å². The van der Waals surface area contributed by atoms with Crippen molar-refractivity contribution in [1.29, 1.82) is 0 Å². The summed E-state index contributed by atoms with van der Waals surface area (Å²) in [5.41, 5.74) is 1.04. The standard InChI is InChI=1S/C12H20N4O2/c1-2-3-9-6-11(16-15-9)14-12(17)7-10-8-13-4-5-18-10/h6,10,13H,2-5,7-8H2,1H3,(H2,14,15,16,17). The lowest BCUT2D eigenvalue weighted by molar-refractivity contribution is -0.119. The highest BCUT2D eigenvalue weighted by Gasteiger charge is 2.17. The fraction of sp³-hybridized carbons (Fsp3) is 0.667. The first-order chi connectivity index (χ1) is 8.78. The third-order valence-corrected chi connectivity index (χ3v) is 2.84. The van der Waals surface area contributed by atoms with E-state index < -0.39 is 0 Å². The third kappa shape index (κ3) is 3.82. The zero-order chi connectivity index (χ0) is 12.8. The molecule has 0 bridgehead atoms. The average molecular weight is 252 g/mol. The number of nitrogens with zero attached hydrogens (tertiary/aromatic N) is 1. The SMILES string of the molecule is CCCc1cc(NC(=O)CC2CNCCO2)n[nH]1. The first-order valence-electron chi connectivity index (χ1n) is 6.44. The van der Waals surface area contributed by atoms with Crippen LogP contribution in [0.3, 0.4) is 0 Å². The molecule has 1 fully saturated rings. The molecule has 1 aliphatic heterocycles. The zero-order valence-corrected chi connectivity index (χ0v) is 10.7. The van der Waals surface area contributed by atoms with Crippen molar-refractivity contribution < 1.29 is 9.53 Å². The van der Waals surface area contributed by atoms with E-state index >= 15 is 0 Å². The monoisotopic (exact) mass is 252 g/mol. The number of H-pyrrole nitrogens is 1. The highest BCUT2D eigenvalue weighted by molar-refractivity contribution is 5.90. The van der Waals surface area contributed by atoms with Crippen LogP contribution in [-0.2, 0) is 16.0 Å². The average Bonchev–Trinajstić information content (AvgIpc) is 2.78. The maximum atomic E-state index is 11.8. The maximum absolute atomic E-state index is 11.8. The summed E-state index contributed by atoms with van der Waals surface area (Å²) < 4.78 is 5.48. The normalized spacial score (nSPS) is 19.7. The van der Waals surface area contributed by atoms with Crippen LogP contribution < -0.4 is 10.6 Å². The molecule has 2 rings (SSSR count). The molecule has 1 atom stereocenters. The van der Waals surface area contributed by atoms with Crippen LogP contribution in [0.2, 0.25) is 0 Å². The maximum Gasteiger partial charge on any atom is 0.228 e. The van der Waals surface area contributed by atoms with Gasteiger partial charge in [-0.15, -0.1) is 0 Å². The van der Waals surface area contributed by atoms with Gasteiger partial charge in [0.15, 0.2) is 5.82 Å². The molecule has 1 saturated heterocycles. The van der Waals surface area contributed by atoms with Crippen molar-refractivity contribution in [1.82, 2.24) is 15.5 Å². The van der Waals surface area contributed by atoms with Crippen LogP contribution in [0.15, 0.2) is 6.07 Å². The molecule has 0 radical (unpaired) electrons. The Morgan fingerprint density at radius 1 is 1.67 bits per heavy atom. The number of ether oxygens (including phenoxy) is 1. The van der Waals surface area contributed by atoms with E-state index in [0.717, 1.165) is 31.6 Å². The van der Waals surface area contributed by atoms with Crippen molar-refractivity contribution in [2.75, 3.05) is 25.0 Å². The molecule has 3 N–H and O–H groups in total. The summed E-state index contributed by atoms with van der Waals surface area (Å²) >= 11 is 0. The lowest BCUT2D eigenvalue weighted by Crippen LogP contribution is -2.40. The molecule has 0 aliphatic carbocycles. The summed E-state index contributed by atoms with van der Waals surface area (Å²) in [4.78, 5) is 11.8. The number of aromatic nitrogens is 2. The Morgan fingerprint density at radius 2 is 2.56 bits per heavy atom. The Balaban J connectivity index is 1.78. The van der Waals surface area contributed by atoms with E-state index in [1.165, 1.54) is 0 Å². The van der Waals surface area contributed by atoms with Gasteiger partial charge in [0.2, 0.25) is 5.91 Å². The van der Waals surface area contributed by atoms with E-state index in [1.807, 2.05) is 6.07 Å². The minimum Gasteiger partial charge on any atom is -0.375 e. The zero-order valence-electron chi connectivity index (χ0n) is 10.7. The van der Waals surface area contributed by atoms with Gasteiger partial charge in [0.1, 0.15) is 0 Å². The van der Waals surface area contributed by atoms with Gasteiger partial charge >= 0.3 is 0 Å². The highest BCUT2D eigenvalue weighted by atomic mass is 16.5. The van der Waals surface area contributed by atoms with E-state index in [9.17, 15) is 4.79 Å². The largest absolute Gasteiger partial charge is 0.375 e. The molecule has 0 saturated carbocycles. The number of morpholine rings is 1. The molecule has 100 valence electrons. The quantitative estimate of drug-likeness (QED) is 0.720. The van der Waals surface area contributed by atoms with Crippen LogP contribution >= 0.6 is 0 Å². The molecule has 6 nitrogen and oxygen atoms in total. The van der Waals surface area contributed by atoms with Crippen molar-refractivity contribution in [3.05, 3.63) is 11.8 Å². The number of aromatic amines is 1. The molecule has 1 aliphatic rings. The van der Waals surface area contributed by atoms with Crippen LogP contribution in [0, 0.1) is 0 Å². The van der Waals surface area contributed by atoms with Gasteiger partial charge in [-0.3, -0.25) is 9.89 Å². The molecule has 6 heteroatoms. The molecule has 1 aromatic rings. The van der Waals surface area contributed by atoms with Crippen LogP contribution in [-0.4, -0.2) is 41.9 Å². The molecular formula is C12H20N4O2. The number of amides is 1. The highest BCUT2D eigenvalue weighted by Crippen LogP contribution is 2.09. The predicted octanol–water partition coefficient (Wildman–Crippen LogP) is 0.679. The molecule has 1 amide bonds. The second-order valence-electron chi connectivity index (χ2n) is 4.48. The van der Waals surface area contributed by atoms with Gasteiger partial charge in [0, 0.05) is 24.8 Å². The van der Waals surface area contributed by atoms with Gasteiger partial charge in [-0.1, -0.05) is 13.3 Å². The van der Waals surface area contributed by atoms with Crippen LogP contribution in [0.4, 0.5) is 5.82 Å². The third-order valence-electron chi connectivity index (χ3n) is 2.84. The lowest BCUT2D eigenvalue weighted by atomic mass is 10.2. The Labute approximate surface area is 106 Å². The van der Waals surface area contributed by atoms with Crippen molar-refractivity contribution in [3.8, 4) is 0 Å². The topological polar surface area (TPSA) is 79.0 Å². The summed E-state index contributed by atoms with van der Waals surface area (Å²) in [5.74, 6) is 0.533. The lowest BCUT2D eigenvalue weighted by Gasteiger charge is -2.22. The second kappa shape index (κ2) is 6.51. The second-order valence-corrected chi connectivity index (χ2v) is 4.48. The van der Waals surface area contributed by atoms with Crippen LogP contribution in [0.1, 0.15) is 25.5 Å². The number of anilines is 1. The van der Waals surface area contributed by atoms with Crippen LogP contribution in [0.25, 0.3) is 0 Å². The van der Waals surface area contributed by atoms with E-state index in [1.54, 1.807) is 0 Å². The summed E-state index contributed by atoms with van der Waals surface area (Å²) in [6.07, 6.45) is 2.33. The Hall–Kier alpha value is -1.40. The number of carbonyl (C=O) groups is 1. The number of hydrogen-bond donors (Lipinski definition) is 3. The predicted molar refractivity (Wildman–Crippen MR) is 68.4 cm³/mol. The molecule has 0 spiro atoms. The van der Waals surface area contributed by atoms with Crippen molar-refractivity contribution >= 4 is 11.7 Å². The van der Waals surface area contributed by atoms with Gasteiger partial charge in [-0.05, 0) is 6.42 Å². The van der Waals surface area contributed by atoms with Gasteiger partial charge in [0.05, 0.1) is 19.1 Å². The van der Waals surface area contributed by atoms with Gasteiger partial charge in [0.25, 0.3) is 0 Å². The Morgan fingerprint density at radius 3 is 3.28 bits per heavy atom. The Bertz CT molecular complexity index is 385. The molecule has 0 aromatic carbocycles. The number of nitrogens with one attached hydrogen (secondary N) is 3. The van der Waals surface area contributed by atoms with Gasteiger partial charge in [-0.25, -0.2) is 0 Å². The number of carbonyl (C=O) groups excluding carboxylic acids is 1. The fourth-order valence-electron chi connectivity index (χ4n) is 1.97. The number of hydrogen-bond acceptors (Lipinski definition) is 4. The minimum atomic E-state index is -0.0572. The first-order valence-corrected chi connectivity index (χ1v) is 6.44. The number of aryl methyl sites for hydroxylation is 1. The summed E-state index contributed by atoms with van der Waals surface area (Å²) in [7, 11) is 0. The van der Waals surface area contributed by atoms with Crippen molar-refractivity contribution in [3.63, 3.8) is 0 Å². The van der Waals surface area contributed by atoms with Gasteiger partial charge < -0.3 is 15.4 Å². The van der Waals surface area contributed by atoms with Gasteiger partial charge in [-0.2, -0.15) is 5.10 Å². The van der Waals surface area contributed by atoms with E-state index in [2.05, 4.69) is 27.8 Å². The number of rotatable bonds is 5. The minimum absolute atomic E-state index is 0.0344. The molecule has 1 unspecified atom stereocenters. The molecule has 1 aromatic heterocycles. The summed E-state index contributed by atoms with van der Waals surface area (Å²) in [5, 5.41) is 12.9. The van der Waals surface area contributed by atoms with E-state index in [-0.39, 0.29) is 12.0 Å². The molecule has 2 heterocycles. The van der Waals surface area contributed by atoms with Crippen molar-refractivity contribution in [2.24, 2.45) is 0 Å².